The normalized spacial score (nSPS) is 9.50. The van der Waals surface area contributed by atoms with Crippen LogP contribution in [0.5, 0.6) is 0 Å². The Kier molecular flexibility index (Phi) is 6.08. The minimum Gasteiger partial charge on any atom is -0.340 e. The van der Waals surface area contributed by atoms with E-state index in [1.54, 1.807) is 11.9 Å². The molecule has 0 aliphatic heterocycles. The predicted molar refractivity (Wildman–Crippen MR) is 68.7 cm³/mol. The number of rotatable bonds is 3. The van der Waals surface area contributed by atoms with E-state index in [0.717, 1.165) is 0 Å². The summed E-state index contributed by atoms with van der Waals surface area (Å²) in [5.41, 5.74) is 8.90. The third-order valence-electron chi connectivity index (χ3n) is 2.51. The number of aryl methyl sites for hydroxylation is 2. The van der Waals surface area contributed by atoms with Gasteiger partial charge in [0.1, 0.15) is 0 Å². The summed E-state index contributed by atoms with van der Waals surface area (Å²) in [5, 5.41) is 0. The summed E-state index contributed by atoms with van der Waals surface area (Å²) in [6.45, 7) is 4.80. The van der Waals surface area contributed by atoms with Crippen molar-refractivity contribution in [2.45, 2.75) is 20.4 Å². The molecule has 1 amide bonds. The second-order valence-corrected chi connectivity index (χ2v) is 3.88. The van der Waals surface area contributed by atoms with Gasteiger partial charge in [0.2, 0.25) is 5.91 Å². The highest BCUT2D eigenvalue weighted by atomic mass is 35.5. The number of amides is 1. The molecule has 1 aromatic rings. The van der Waals surface area contributed by atoms with Gasteiger partial charge in [0, 0.05) is 13.6 Å². The lowest BCUT2D eigenvalue weighted by Crippen LogP contribution is -2.32. The summed E-state index contributed by atoms with van der Waals surface area (Å²) in [6, 6.07) is 6.25. The molecule has 0 aliphatic rings. The van der Waals surface area contributed by atoms with E-state index in [0.29, 0.717) is 6.54 Å². The number of halogens is 1. The van der Waals surface area contributed by atoms with Gasteiger partial charge in [-0.1, -0.05) is 23.8 Å². The molecule has 2 N–H and O–H groups in total. The van der Waals surface area contributed by atoms with Gasteiger partial charge in [0.25, 0.3) is 0 Å². The molecule has 1 aromatic carbocycles. The van der Waals surface area contributed by atoms with Crippen LogP contribution in [0.25, 0.3) is 0 Å². The minimum atomic E-state index is -0.0316. The topological polar surface area (TPSA) is 46.3 Å². The highest BCUT2D eigenvalue weighted by molar-refractivity contribution is 5.85. The molecule has 0 saturated carbocycles. The maximum absolute atomic E-state index is 11.3. The highest BCUT2D eigenvalue weighted by Crippen LogP contribution is 2.12. The molecule has 0 aromatic heterocycles. The molecule has 3 nitrogen and oxygen atoms in total. The van der Waals surface area contributed by atoms with E-state index < -0.39 is 0 Å². The van der Waals surface area contributed by atoms with Crippen molar-refractivity contribution in [2.24, 2.45) is 5.73 Å². The van der Waals surface area contributed by atoms with Gasteiger partial charge in [-0.15, -0.1) is 12.4 Å². The van der Waals surface area contributed by atoms with Crippen LogP contribution in [0.3, 0.4) is 0 Å². The standard InChI is InChI=1S/C12H18N2O.ClH/c1-9-4-5-10(2)11(6-9)8-14(3)12(15)7-13;/h4-6H,7-8,13H2,1-3H3;1H. The molecule has 0 fully saturated rings. The fourth-order valence-corrected chi connectivity index (χ4v) is 1.47. The Bertz CT molecular complexity index is 366. The molecule has 0 unspecified atom stereocenters. The van der Waals surface area contributed by atoms with Gasteiger partial charge in [-0.25, -0.2) is 0 Å². The maximum atomic E-state index is 11.3. The molecule has 90 valence electrons. The number of benzene rings is 1. The smallest absolute Gasteiger partial charge is 0.236 e. The fraction of sp³-hybridized carbons (Fsp3) is 0.417. The number of hydrogen-bond acceptors (Lipinski definition) is 2. The van der Waals surface area contributed by atoms with Crippen molar-refractivity contribution in [3.8, 4) is 0 Å². The maximum Gasteiger partial charge on any atom is 0.236 e. The lowest BCUT2D eigenvalue weighted by atomic mass is 10.1. The van der Waals surface area contributed by atoms with Crippen molar-refractivity contribution in [2.75, 3.05) is 13.6 Å². The van der Waals surface area contributed by atoms with Crippen molar-refractivity contribution < 1.29 is 4.79 Å². The van der Waals surface area contributed by atoms with Crippen LogP contribution in [-0.4, -0.2) is 24.4 Å². The summed E-state index contributed by atoms with van der Waals surface area (Å²) < 4.78 is 0. The molecule has 0 atom stereocenters. The van der Waals surface area contributed by atoms with Crippen LogP contribution in [-0.2, 0) is 11.3 Å². The van der Waals surface area contributed by atoms with Crippen molar-refractivity contribution >= 4 is 18.3 Å². The van der Waals surface area contributed by atoms with Gasteiger partial charge in [-0.3, -0.25) is 4.79 Å². The first-order valence-electron chi connectivity index (χ1n) is 5.04. The summed E-state index contributed by atoms with van der Waals surface area (Å²) in [7, 11) is 1.77. The first-order chi connectivity index (χ1) is 7.04. The Morgan fingerprint density at radius 3 is 2.56 bits per heavy atom. The molecule has 0 radical (unpaired) electrons. The number of nitrogens with zero attached hydrogens (tertiary/aromatic N) is 1. The van der Waals surface area contributed by atoms with E-state index in [9.17, 15) is 4.79 Å². The quantitative estimate of drug-likeness (QED) is 0.876. The Morgan fingerprint density at radius 1 is 1.38 bits per heavy atom. The first-order valence-corrected chi connectivity index (χ1v) is 5.04. The molecular weight excluding hydrogens is 224 g/mol. The summed E-state index contributed by atoms with van der Waals surface area (Å²) in [6.07, 6.45) is 0. The molecule has 0 spiro atoms. The number of hydrogen-bond donors (Lipinski definition) is 1. The van der Waals surface area contributed by atoms with Gasteiger partial charge in [0.05, 0.1) is 6.54 Å². The van der Waals surface area contributed by atoms with Crippen LogP contribution >= 0.6 is 12.4 Å². The highest BCUT2D eigenvalue weighted by Gasteiger charge is 2.08. The summed E-state index contributed by atoms with van der Waals surface area (Å²) in [4.78, 5) is 13.0. The van der Waals surface area contributed by atoms with Crippen molar-refractivity contribution in [1.29, 1.82) is 0 Å². The van der Waals surface area contributed by atoms with Gasteiger partial charge in [-0.05, 0) is 25.0 Å². The largest absolute Gasteiger partial charge is 0.340 e. The van der Waals surface area contributed by atoms with E-state index in [4.69, 9.17) is 5.73 Å². The first kappa shape index (κ1) is 14.9. The third kappa shape index (κ3) is 3.83. The number of carbonyl (C=O) groups excluding carboxylic acids is 1. The predicted octanol–water partition coefficient (Wildman–Crippen LogP) is 1.64. The molecule has 0 aliphatic carbocycles. The van der Waals surface area contributed by atoms with E-state index in [1.807, 2.05) is 6.92 Å². The van der Waals surface area contributed by atoms with Crippen LogP contribution < -0.4 is 5.73 Å². The number of carbonyl (C=O) groups is 1. The molecule has 4 heteroatoms. The summed E-state index contributed by atoms with van der Waals surface area (Å²) >= 11 is 0. The zero-order chi connectivity index (χ0) is 11.4. The van der Waals surface area contributed by atoms with E-state index in [2.05, 4.69) is 25.1 Å². The second-order valence-electron chi connectivity index (χ2n) is 3.88. The minimum absolute atomic E-state index is 0. The molecule has 0 saturated heterocycles. The van der Waals surface area contributed by atoms with Crippen LogP contribution in [0, 0.1) is 13.8 Å². The Labute approximate surface area is 103 Å². The second kappa shape index (κ2) is 6.51. The van der Waals surface area contributed by atoms with Gasteiger partial charge >= 0.3 is 0 Å². The van der Waals surface area contributed by atoms with Crippen molar-refractivity contribution in [1.82, 2.24) is 4.90 Å². The van der Waals surface area contributed by atoms with Crippen molar-refractivity contribution in [3.63, 3.8) is 0 Å². The average Bonchev–Trinajstić information content (AvgIpc) is 2.22. The lowest BCUT2D eigenvalue weighted by Gasteiger charge is -2.18. The van der Waals surface area contributed by atoms with Crippen LogP contribution in [0.1, 0.15) is 16.7 Å². The molecule has 1 rings (SSSR count). The third-order valence-corrected chi connectivity index (χ3v) is 2.51. The fourth-order valence-electron chi connectivity index (χ4n) is 1.47. The van der Waals surface area contributed by atoms with E-state index >= 15 is 0 Å². The van der Waals surface area contributed by atoms with Gasteiger partial charge in [-0.2, -0.15) is 0 Å². The zero-order valence-electron chi connectivity index (χ0n) is 9.99. The summed E-state index contributed by atoms with van der Waals surface area (Å²) in [5.74, 6) is -0.0316. The van der Waals surface area contributed by atoms with Crippen molar-refractivity contribution in [3.05, 3.63) is 34.9 Å². The van der Waals surface area contributed by atoms with Crippen LogP contribution in [0.4, 0.5) is 0 Å². The zero-order valence-corrected chi connectivity index (χ0v) is 10.8. The Balaban J connectivity index is 0.00000225. The SMILES string of the molecule is Cc1ccc(C)c(CN(C)C(=O)CN)c1.Cl. The number of likely N-dealkylation sites (N-methyl/N-ethyl adjacent to an activating group) is 1. The average molecular weight is 243 g/mol. The Hall–Kier alpha value is -1.06. The van der Waals surface area contributed by atoms with Crippen LogP contribution in [0.2, 0.25) is 0 Å². The number of nitrogens with two attached hydrogens (primary N) is 1. The van der Waals surface area contributed by atoms with E-state index in [-0.39, 0.29) is 24.9 Å². The van der Waals surface area contributed by atoms with Crippen LogP contribution in [0.15, 0.2) is 18.2 Å². The van der Waals surface area contributed by atoms with Gasteiger partial charge in [0.15, 0.2) is 0 Å². The molecular formula is C12H19ClN2O. The Morgan fingerprint density at radius 2 is 2.00 bits per heavy atom. The molecule has 0 heterocycles. The van der Waals surface area contributed by atoms with E-state index in [1.165, 1.54) is 16.7 Å². The molecule has 0 bridgehead atoms. The molecule has 16 heavy (non-hydrogen) atoms. The monoisotopic (exact) mass is 242 g/mol. The van der Waals surface area contributed by atoms with Gasteiger partial charge < -0.3 is 10.6 Å². The lowest BCUT2D eigenvalue weighted by molar-refractivity contribution is -0.128.